The van der Waals surface area contributed by atoms with E-state index < -0.39 is 0 Å². The lowest BCUT2D eigenvalue weighted by Crippen LogP contribution is -2.49. The van der Waals surface area contributed by atoms with Gasteiger partial charge in [-0.2, -0.15) is 0 Å². The number of hydrogen-bond donors (Lipinski definition) is 1. The van der Waals surface area contributed by atoms with Crippen LogP contribution in [0.25, 0.3) is 6.08 Å². The van der Waals surface area contributed by atoms with E-state index in [1.54, 1.807) is 4.90 Å². The van der Waals surface area contributed by atoms with Crippen LogP contribution in [0.15, 0.2) is 64.4 Å². The number of thioether (sulfide) groups is 1. The fourth-order valence-corrected chi connectivity index (χ4v) is 5.36. The summed E-state index contributed by atoms with van der Waals surface area (Å²) in [6.45, 7) is 4.51. The molecule has 0 saturated heterocycles. The summed E-state index contributed by atoms with van der Waals surface area (Å²) in [5.41, 5.74) is 1.78. The first-order chi connectivity index (χ1) is 14.5. The molecule has 5 heteroatoms. The molecule has 0 radical (unpaired) electrons. The Morgan fingerprint density at radius 1 is 1.10 bits per heavy atom. The lowest BCUT2D eigenvalue weighted by molar-refractivity contribution is -0.123. The molecule has 1 fully saturated rings. The summed E-state index contributed by atoms with van der Waals surface area (Å²) >= 11 is 1.47. The standard InChI is InChI=1S/C25H28N2O2S/c1-17-9-8-12-20(18(17)2)26-24(28)16-27-21-13-6-7-14-22(21)30-23(25(27)29)15-19-10-4-3-5-11-19/h3-7,10-11,13-15,17-18,20H,8-9,12,16H2,1-2H3,(H,26,28)/b23-15-/t17-,18-,20+/m1/s1. The molecule has 1 heterocycles. The van der Waals surface area contributed by atoms with Gasteiger partial charge in [-0.25, -0.2) is 0 Å². The molecule has 0 aromatic heterocycles. The summed E-state index contributed by atoms with van der Waals surface area (Å²) in [5, 5.41) is 3.20. The Morgan fingerprint density at radius 3 is 2.63 bits per heavy atom. The van der Waals surface area contributed by atoms with E-state index in [9.17, 15) is 9.59 Å². The molecule has 4 nitrogen and oxygen atoms in total. The van der Waals surface area contributed by atoms with Gasteiger partial charge in [-0.05, 0) is 42.0 Å². The van der Waals surface area contributed by atoms with Crippen LogP contribution in [0, 0.1) is 11.8 Å². The maximum absolute atomic E-state index is 13.3. The zero-order valence-electron chi connectivity index (χ0n) is 17.5. The summed E-state index contributed by atoms with van der Waals surface area (Å²) in [6.07, 6.45) is 5.27. The summed E-state index contributed by atoms with van der Waals surface area (Å²) in [5.74, 6) is 0.854. The van der Waals surface area contributed by atoms with Gasteiger partial charge in [-0.15, -0.1) is 0 Å². The quantitative estimate of drug-likeness (QED) is 0.700. The average molecular weight is 421 g/mol. The Morgan fingerprint density at radius 2 is 1.83 bits per heavy atom. The van der Waals surface area contributed by atoms with Crippen molar-refractivity contribution in [2.75, 3.05) is 11.4 Å². The molecule has 2 amide bonds. The largest absolute Gasteiger partial charge is 0.352 e. The number of amides is 2. The second-order valence-corrected chi connectivity index (χ2v) is 9.41. The van der Waals surface area contributed by atoms with Crippen molar-refractivity contribution in [1.82, 2.24) is 5.32 Å². The molecule has 2 aliphatic rings. The van der Waals surface area contributed by atoms with Crippen LogP contribution in [-0.2, 0) is 9.59 Å². The Hall–Kier alpha value is -2.53. The monoisotopic (exact) mass is 420 g/mol. The Labute approximate surface area is 182 Å². The van der Waals surface area contributed by atoms with E-state index in [-0.39, 0.29) is 24.4 Å². The molecule has 2 aromatic rings. The van der Waals surface area contributed by atoms with Gasteiger partial charge in [0.15, 0.2) is 0 Å². The summed E-state index contributed by atoms with van der Waals surface area (Å²) < 4.78 is 0. The number of hydrogen-bond acceptors (Lipinski definition) is 3. The highest BCUT2D eigenvalue weighted by Crippen LogP contribution is 2.42. The van der Waals surface area contributed by atoms with Crippen molar-refractivity contribution in [2.45, 2.75) is 44.0 Å². The van der Waals surface area contributed by atoms with Gasteiger partial charge in [-0.3, -0.25) is 14.5 Å². The van der Waals surface area contributed by atoms with E-state index >= 15 is 0 Å². The van der Waals surface area contributed by atoms with Crippen LogP contribution in [0.1, 0.15) is 38.7 Å². The van der Waals surface area contributed by atoms with E-state index in [1.807, 2.05) is 60.7 Å². The molecule has 30 heavy (non-hydrogen) atoms. The van der Waals surface area contributed by atoms with E-state index in [4.69, 9.17) is 0 Å². The number of benzene rings is 2. The topological polar surface area (TPSA) is 49.4 Å². The van der Waals surface area contributed by atoms with Crippen molar-refractivity contribution in [3.63, 3.8) is 0 Å². The van der Waals surface area contributed by atoms with Crippen molar-refractivity contribution in [3.8, 4) is 0 Å². The molecule has 1 aliphatic carbocycles. The Bertz CT molecular complexity index is 957. The van der Waals surface area contributed by atoms with E-state index in [0.29, 0.717) is 16.7 Å². The molecular weight excluding hydrogens is 392 g/mol. The highest BCUT2D eigenvalue weighted by atomic mass is 32.2. The molecule has 1 saturated carbocycles. The van der Waals surface area contributed by atoms with Crippen LogP contribution in [-0.4, -0.2) is 24.4 Å². The fourth-order valence-electron chi connectivity index (χ4n) is 4.30. The first-order valence-corrected chi connectivity index (χ1v) is 11.5. The molecule has 4 rings (SSSR count). The first-order valence-electron chi connectivity index (χ1n) is 10.7. The van der Waals surface area contributed by atoms with Crippen LogP contribution >= 0.6 is 11.8 Å². The Kier molecular flexibility index (Phi) is 6.28. The molecule has 2 aromatic carbocycles. The molecule has 1 aliphatic heterocycles. The van der Waals surface area contributed by atoms with Crippen LogP contribution in [0.4, 0.5) is 5.69 Å². The van der Waals surface area contributed by atoms with Crippen LogP contribution in [0.2, 0.25) is 0 Å². The van der Waals surface area contributed by atoms with Crippen molar-refractivity contribution in [3.05, 3.63) is 65.1 Å². The van der Waals surface area contributed by atoms with Crippen LogP contribution in [0.5, 0.6) is 0 Å². The van der Waals surface area contributed by atoms with Crippen molar-refractivity contribution in [1.29, 1.82) is 0 Å². The summed E-state index contributed by atoms with van der Waals surface area (Å²) in [4.78, 5) is 29.5. The maximum atomic E-state index is 13.3. The number of para-hydroxylation sites is 1. The minimum absolute atomic E-state index is 0.0418. The number of nitrogens with zero attached hydrogens (tertiary/aromatic N) is 1. The third-order valence-electron chi connectivity index (χ3n) is 6.28. The van der Waals surface area contributed by atoms with Gasteiger partial charge >= 0.3 is 0 Å². The number of fused-ring (bicyclic) bond motifs is 1. The number of carbonyl (C=O) groups excluding carboxylic acids is 2. The average Bonchev–Trinajstić information content (AvgIpc) is 2.75. The second kappa shape index (κ2) is 9.09. The van der Waals surface area contributed by atoms with E-state index in [2.05, 4.69) is 19.2 Å². The normalized spacial score (nSPS) is 25.1. The van der Waals surface area contributed by atoms with Crippen molar-refractivity contribution < 1.29 is 9.59 Å². The predicted molar refractivity (Wildman–Crippen MR) is 123 cm³/mol. The van der Waals surface area contributed by atoms with Crippen molar-refractivity contribution >= 4 is 35.3 Å². The second-order valence-electron chi connectivity index (χ2n) is 8.32. The van der Waals surface area contributed by atoms with Gasteiger partial charge in [0.1, 0.15) is 6.54 Å². The lowest BCUT2D eigenvalue weighted by Gasteiger charge is -2.35. The summed E-state index contributed by atoms with van der Waals surface area (Å²) in [7, 11) is 0. The fraction of sp³-hybridized carbons (Fsp3) is 0.360. The highest BCUT2D eigenvalue weighted by Gasteiger charge is 2.32. The lowest BCUT2D eigenvalue weighted by atomic mass is 9.78. The molecule has 3 atom stereocenters. The summed E-state index contributed by atoms with van der Waals surface area (Å²) in [6, 6.07) is 17.8. The SMILES string of the molecule is C[C@@H]1[C@H](C)CCC[C@@H]1NC(=O)CN1C(=O)/C(=C/c2ccccc2)Sc2ccccc21. The highest BCUT2D eigenvalue weighted by molar-refractivity contribution is 8.04. The van der Waals surface area contributed by atoms with Gasteiger partial charge in [-0.1, -0.05) is 80.9 Å². The molecule has 0 spiro atoms. The van der Waals surface area contributed by atoms with Crippen LogP contribution < -0.4 is 10.2 Å². The predicted octanol–water partition coefficient (Wildman–Crippen LogP) is 5.11. The van der Waals surface area contributed by atoms with Crippen molar-refractivity contribution in [2.24, 2.45) is 11.8 Å². The van der Waals surface area contributed by atoms with E-state index in [0.717, 1.165) is 29.0 Å². The third-order valence-corrected chi connectivity index (χ3v) is 7.36. The number of carbonyl (C=O) groups is 2. The van der Waals surface area contributed by atoms with Crippen LogP contribution in [0.3, 0.4) is 0 Å². The van der Waals surface area contributed by atoms with Gasteiger partial charge in [0.25, 0.3) is 5.91 Å². The number of rotatable bonds is 4. The zero-order chi connectivity index (χ0) is 21.1. The molecular formula is C25H28N2O2S. The van der Waals surface area contributed by atoms with Gasteiger partial charge in [0, 0.05) is 10.9 Å². The maximum Gasteiger partial charge on any atom is 0.265 e. The minimum atomic E-state index is -0.122. The molecule has 0 bridgehead atoms. The molecule has 0 unspecified atom stereocenters. The first kappa shape index (κ1) is 20.7. The number of anilines is 1. The third kappa shape index (κ3) is 4.46. The van der Waals surface area contributed by atoms with E-state index in [1.165, 1.54) is 18.2 Å². The zero-order valence-corrected chi connectivity index (χ0v) is 18.3. The minimum Gasteiger partial charge on any atom is -0.352 e. The van der Waals surface area contributed by atoms with Gasteiger partial charge in [0.05, 0.1) is 10.6 Å². The number of nitrogens with one attached hydrogen (secondary N) is 1. The molecule has 156 valence electrons. The smallest absolute Gasteiger partial charge is 0.265 e. The van der Waals surface area contributed by atoms with Gasteiger partial charge in [0.2, 0.25) is 5.91 Å². The van der Waals surface area contributed by atoms with Gasteiger partial charge < -0.3 is 5.32 Å². The Balaban J connectivity index is 1.55. The molecule has 1 N–H and O–H groups in total.